The molecule has 0 unspecified atom stereocenters. The summed E-state index contributed by atoms with van der Waals surface area (Å²) in [5.41, 5.74) is 1.03. The second-order valence-corrected chi connectivity index (χ2v) is 4.73. The van der Waals surface area contributed by atoms with Gasteiger partial charge in [-0.05, 0) is 30.2 Å². The van der Waals surface area contributed by atoms with E-state index in [1.54, 1.807) is 18.3 Å². The van der Waals surface area contributed by atoms with Gasteiger partial charge in [-0.3, -0.25) is 0 Å². The van der Waals surface area contributed by atoms with Gasteiger partial charge in [0.15, 0.2) is 0 Å². The molecule has 5 heteroatoms. The van der Waals surface area contributed by atoms with Gasteiger partial charge in [0.2, 0.25) is 0 Å². The molecule has 1 aromatic heterocycles. The smallest absolute Gasteiger partial charge is 0.335 e. The molecular formula is C14H15ClN2O2. The molecule has 0 aliphatic rings. The van der Waals surface area contributed by atoms with Crippen molar-refractivity contribution in [3.05, 3.63) is 52.6 Å². The number of imidazole rings is 1. The number of rotatable bonds is 5. The van der Waals surface area contributed by atoms with Gasteiger partial charge in [-0.2, -0.15) is 0 Å². The molecule has 2 aromatic rings. The maximum Gasteiger partial charge on any atom is 0.335 e. The molecule has 0 saturated heterocycles. The first-order valence-electron chi connectivity index (χ1n) is 6.13. The minimum atomic E-state index is -0.949. The van der Waals surface area contributed by atoms with Crippen LogP contribution in [0.15, 0.2) is 30.6 Å². The van der Waals surface area contributed by atoms with Crippen LogP contribution in [0, 0.1) is 0 Å². The number of halogens is 1. The Morgan fingerprint density at radius 1 is 1.47 bits per heavy atom. The molecule has 0 atom stereocenters. The number of carbonyl (C=O) groups is 1. The number of carboxylic acids is 1. The standard InChI is InChI=1S/C14H15ClN2O2/c1-2-6-17-7-5-16-13(17)9-11-8-10(14(18)19)3-4-12(11)15/h3-5,7-8H,2,6,9H2,1H3,(H,18,19). The number of aromatic nitrogens is 2. The van der Waals surface area contributed by atoms with Gasteiger partial charge in [-0.25, -0.2) is 9.78 Å². The van der Waals surface area contributed by atoms with Gasteiger partial charge >= 0.3 is 5.97 Å². The summed E-state index contributed by atoms with van der Waals surface area (Å²) in [4.78, 5) is 15.3. The zero-order valence-electron chi connectivity index (χ0n) is 10.6. The van der Waals surface area contributed by atoms with Crippen LogP contribution in [0.4, 0.5) is 0 Å². The Bertz CT molecular complexity index is 593. The molecule has 0 amide bonds. The van der Waals surface area contributed by atoms with Crippen LogP contribution in [0.25, 0.3) is 0 Å². The number of benzene rings is 1. The molecule has 1 heterocycles. The van der Waals surface area contributed by atoms with Crippen LogP contribution >= 0.6 is 11.6 Å². The van der Waals surface area contributed by atoms with Crippen molar-refractivity contribution < 1.29 is 9.90 Å². The van der Waals surface area contributed by atoms with Gasteiger partial charge in [-0.1, -0.05) is 18.5 Å². The Balaban J connectivity index is 2.29. The number of hydrogen-bond acceptors (Lipinski definition) is 2. The van der Waals surface area contributed by atoms with E-state index in [9.17, 15) is 4.79 Å². The lowest BCUT2D eigenvalue weighted by Crippen LogP contribution is -2.05. The van der Waals surface area contributed by atoms with Crippen LogP contribution in [0.5, 0.6) is 0 Å². The van der Waals surface area contributed by atoms with Crippen molar-refractivity contribution in [2.75, 3.05) is 0 Å². The molecule has 0 spiro atoms. The fourth-order valence-corrected chi connectivity index (χ4v) is 2.15. The summed E-state index contributed by atoms with van der Waals surface area (Å²) in [5.74, 6) is -0.0545. The first kappa shape index (κ1) is 13.6. The minimum absolute atomic E-state index is 0.244. The van der Waals surface area contributed by atoms with Crippen molar-refractivity contribution in [3.63, 3.8) is 0 Å². The number of hydrogen-bond donors (Lipinski definition) is 1. The molecule has 19 heavy (non-hydrogen) atoms. The molecule has 4 nitrogen and oxygen atoms in total. The van der Waals surface area contributed by atoms with Crippen molar-refractivity contribution in [1.82, 2.24) is 9.55 Å². The Morgan fingerprint density at radius 2 is 2.26 bits per heavy atom. The van der Waals surface area contributed by atoms with Crippen LogP contribution in [-0.2, 0) is 13.0 Å². The van der Waals surface area contributed by atoms with E-state index in [2.05, 4.69) is 16.5 Å². The first-order chi connectivity index (χ1) is 9.11. The molecule has 0 fully saturated rings. The van der Waals surface area contributed by atoms with Gasteiger partial charge in [0.1, 0.15) is 5.82 Å². The van der Waals surface area contributed by atoms with Crippen molar-refractivity contribution in [1.29, 1.82) is 0 Å². The van der Waals surface area contributed by atoms with Crippen LogP contribution in [0.2, 0.25) is 5.02 Å². The third-order valence-electron chi connectivity index (χ3n) is 2.91. The molecule has 0 aliphatic heterocycles. The lowest BCUT2D eigenvalue weighted by atomic mass is 10.1. The van der Waals surface area contributed by atoms with E-state index in [0.717, 1.165) is 24.4 Å². The summed E-state index contributed by atoms with van der Waals surface area (Å²) in [5, 5.41) is 9.57. The van der Waals surface area contributed by atoms with E-state index in [4.69, 9.17) is 16.7 Å². The fraction of sp³-hybridized carbons (Fsp3) is 0.286. The summed E-state index contributed by atoms with van der Waals surface area (Å²) >= 11 is 6.12. The summed E-state index contributed by atoms with van der Waals surface area (Å²) in [6, 6.07) is 4.73. The van der Waals surface area contributed by atoms with Crippen molar-refractivity contribution in [2.45, 2.75) is 26.3 Å². The molecule has 0 bridgehead atoms. The first-order valence-corrected chi connectivity index (χ1v) is 6.51. The quantitative estimate of drug-likeness (QED) is 0.913. The van der Waals surface area contributed by atoms with Crippen LogP contribution in [-0.4, -0.2) is 20.6 Å². The third-order valence-corrected chi connectivity index (χ3v) is 3.28. The van der Waals surface area contributed by atoms with Gasteiger partial charge in [0.25, 0.3) is 0 Å². The normalized spacial score (nSPS) is 10.6. The molecular weight excluding hydrogens is 264 g/mol. The van der Waals surface area contributed by atoms with Crippen molar-refractivity contribution in [3.8, 4) is 0 Å². The average molecular weight is 279 g/mol. The molecule has 1 N–H and O–H groups in total. The molecule has 100 valence electrons. The van der Waals surface area contributed by atoms with Gasteiger partial charge in [-0.15, -0.1) is 0 Å². The predicted molar refractivity (Wildman–Crippen MR) is 73.7 cm³/mol. The highest BCUT2D eigenvalue weighted by atomic mass is 35.5. The maximum absolute atomic E-state index is 11.0. The summed E-state index contributed by atoms with van der Waals surface area (Å²) in [6.07, 6.45) is 5.23. The van der Waals surface area contributed by atoms with E-state index >= 15 is 0 Å². The van der Waals surface area contributed by atoms with Crippen LogP contribution < -0.4 is 0 Å². The number of carboxylic acid groups (broad SMARTS) is 1. The minimum Gasteiger partial charge on any atom is -0.478 e. The monoisotopic (exact) mass is 278 g/mol. The Labute approximate surface area is 116 Å². The van der Waals surface area contributed by atoms with E-state index in [1.165, 1.54) is 6.07 Å². The SMILES string of the molecule is CCCn1ccnc1Cc1cc(C(=O)O)ccc1Cl. The lowest BCUT2D eigenvalue weighted by molar-refractivity contribution is 0.0697. The zero-order valence-corrected chi connectivity index (χ0v) is 11.4. The van der Waals surface area contributed by atoms with E-state index in [1.807, 2.05) is 6.20 Å². The average Bonchev–Trinajstić information content (AvgIpc) is 2.80. The lowest BCUT2D eigenvalue weighted by Gasteiger charge is -2.08. The van der Waals surface area contributed by atoms with Crippen LogP contribution in [0.1, 0.15) is 35.1 Å². The maximum atomic E-state index is 11.0. The van der Waals surface area contributed by atoms with Crippen LogP contribution in [0.3, 0.4) is 0 Å². The molecule has 0 aliphatic carbocycles. The molecule has 0 saturated carbocycles. The van der Waals surface area contributed by atoms with E-state index in [0.29, 0.717) is 11.4 Å². The second kappa shape index (κ2) is 5.89. The second-order valence-electron chi connectivity index (χ2n) is 4.32. The van der Waals surface area contributed by atoms with Gasteiger partial charge in [0.05, 0.1) is 5.56 Å². The number of aryl methyl sites for hydroxylation is 1. The topological polar surface area (TPSA) is 55.1 Å². The Kier molecular flexibility index (Phi) is 4.22. The zero-order chi connectivity index (χ0) is 13.8. The van der Waals surface area contributed by atoms with Gasteiger partial charge in [0, 0.05) is 30.4 Å². The molecule has 1 aromatic carbocycles. The van der Waals surface area contributed by atoms with Crippen molar-refractivity contribution >= 4 is 17.6 Å². The Hall–Kier alpha value is -1.81. The van der Waals surface area contributed by atoms with E-state index < -0.39 is 5.97 Å². The van der Waals surface area contributed by atoms with Crippen molar-refractivity contribution in [2.24, 2.45) is 0 Å². The molecule has 2 rings (SSSR count). The number of aromatic carboxylic acids is 1. The summed E-state index contributed by atoms with van der Waals surface area (Å²) < 4.78 is 2.06. The van der Waals surface area contributed by atoms with Gasteiger partial charge < -0.3 is 9.67 Å². The van der Waals surface area contributed by atoms with E-state index in [-0.39, 0.29) is 5.56 Å². The summed E-state index contributed by atoms with van der Waals surface area (Å²) in [6.45, 7) is 2.99. The largest absolute Gasteiger partial charge is 0.478 e. The predicted octanol–water partition coefficient (Wildman–Crippen LogP) is 3.24. The molecule has 0 radical (unpaired) electrons. The highest BCUT2D eigenvalue weighted by Gasteiger charge is 2.10. The Morgan fingerprint density at radius 3 is 2.95 bits per heavy atom. The fourth-order valence-electron chi connectivity index (χ4n) is 1.97. The third kappa shape index (κ3) is 3.15. The highest BCUT2D eigenvalue weighted by molar-refractivity contribution is 6.31. The number of nitrogens with zero attached hydrogens (tertiary/aromatic N) is 2. The highest BCUT2D eigenvalue weighted by Crippen LogP contribution is 2.20. The summed E-state index contributed by atoms with van der Waals surface area (Å²) in [7, 11) is 0.